The number of nitrogens with two attached hydrogens (primary N) is 1. The van der Waals surface area contributed by atoms with Gasteiger partial charge < -0.3 is 20.5 Å². The van der Waals surface area contributed by atoms with Crippen LogP contribution in [0.3, 0.4) is 0 Å². The summed E-state index contributed by atoms with van der Waals surface area (Å²) in [6.45, 7) is 1.65. The molecule has 1 atom stereocenters. The van der Waals surface area contributed by atoms with Crippen LogP contribution in [0.15, 0.2) is 30.3 Å². The Bertz CT molecular complexity index is 824. The number of nitrogens with zero attached hydrogens (tertiary/aromatic N) is 3. The SMILES string of the molecule is NC(CN(CC=O)C(=O)O)C1CCN(c2ccc3cc(Cl)ccc3n2)CC1. The first-order chi connectivity index (χ1) is 13.0. The molecule has 1 fully saturated rings. The summed E-state index contributed by atoms with van der Waals surface area (Å²) in [6.07, 6.45) is 1.18. The second-order valence-electron chi connectivity index (χ2n) is 6.85. The van der Waals surface area contributed by atoms with Gasteiger partial charge in [-0.15, -0.1) is 0 Å². The zero-order chi connectivity index (χ0) is 19.4. The lowest BCUT2D eigenvalue weighted by Crippen LogP contribution is -2.48. The molecule has 144 valence electrons. The van der Waals surface area contributed by atoms with Crippen molar-refractivity contribution in [2.24, 2.45) is 11.7 Å². The molecule has 1 aromatic carbocycles. The number of anilines is 1. The van der Waals surface area contributed by atoms with Gasteiger partial charge >= 0.3 is 6.09 Å². The van der Waals surface area contributed by atoms with Crippen molar-refractivity contribution in [3.05, 3.63) is 35.4 Å². The first-order valence-corrected chi connectivity index (χ1v) is 9.34. The van der Waals surface area contributed by atoms with E-state index in [1.54, 1.807) is 0 Å². The molecule has 1 aliphatic rings. The number of hydrogen-bond acceptors (Lipinski definition) is 5. The quantitative estimate of drug-likeness (QED) is 0.735. The van der Waals surface area contributed by atoms with Crippen LogP contribution in [0.25, 0.3) is 10.9 Å². The van der Waals surface area contributed by atoms with Crippen molar-refractivity contribution in [3.8, 4) is 0 Å². The van der Waals surface area contributed by atoms with Crippen LogP contribution < -0.4 is 10.6 Å². The van der Waals surface area contributed by atoms with E-state index >= 15 is 0 Å². The molecule has 8 heteroatoms. The van der Waals surface area contributed by atoms with E-state index in [-0.39, 0.29) is 25.0 Å². The molecule has 1 amide bonds. The first-order valence-electron chi connectivity index (χ1n) is 8.96. The predicted octanol–water partition coefficient (Wildman–Crippen LogP) is 2.61. The summed E-state index contributed by atoms with van der Waals surface area (Å²) < 4.78 is 0. The van der Waals surface area contributed by atoms with Crippen molar-refractivity contribution in [3.63, 3.8) is 0 Å². The Kier molecular flexibility index (Phi) is 6.13. The number of benzene rings is 1. The third-order valence-electron chi connectivity index (χ3n) is 5.10. The number of halogens is 1. The normalized spacial score (nSPS) is 16.3. The summed E-state index contributed by atoms with van der Waals surface area (Å²) in [5, 5.41) is 10.8. The largest absolute Gasteiger partial charge is 0.465 e. The lowest BCUT2D eigenvalue weighted by Gasteiger charge is -2.36. The molecule has 1 aliphatic heterocycles. The molecule has 1 saturated heterocycles. The molecule has 2 heterocycles. The van der Waals surface area contributed by atoms with Crippen LogP contribution in [0.1, 0.15) is 12.8 Å². The lowest BCUT2D eigenvalue weighted by atomic mass is 9.89. The van der Waals surface area contributed by atoms with Gasteiger partial charge in [-0.3, -0.25) is 4.90 Å². The number of carbonyl (C=O) groups is 2. The van der Waals surface area contributed by atoms with Crippen LogP contribution in [-0.4, -0.2) is 59.6 Å². The number of aldehydes is 1. The van der Waals surface area contributed by atoms with Crippen molar-refractivity contribution >= 4 is 40.7 Å². The number of rotatable bonds is 6. The van der Waals surface area contributed by atoms with E-state index in [2.05, 4.69) is 4.90 Å². The Hall–Kier alpha value is -2.38. The van der Waals surface area contributed by atoms with E-state index in [9.17, 15) is 9.59 Å². The summed E-state index contributed by atoms with van der Waals surface area (Å²) in [5.74, 6) is 1.14. The summed E-state index contributed by atoms with van der Waals surface area (Å²) in [7, 11) is 0. The molecule has 1 unspecified atom stereocenters. The predicted molar refractivity (Wildman–Crippen MR) is 105 cm³/mol. The molecule has 3 rings (SSSR count). The standard InChI is InChI=1S/C19H23ClN4O3/c20-15-2-3-17-14(11-15)1-4-18(22-17)23-7-5-13(6-8-23)16(21)12-24(9-10-25)19(26)27/h1-4,10-11,13,16H,5-9,12,21H2,(H,26,27). The van der Waals surface area contributed by atoms with Gasteiger partial charge in [0.1, 0.15) is 12.1 Å². The first kappa shape index (κ1) is 19.4. The third-order valence-corrected chi connectivity index (χ3v) is 5.34. The van der Waals surface area contributed by atoms with Crippen LogP contribution in [0, 0.1) is 5.92 Å². The molecule has 7 nitrogen and oxygen atoms in total. The highest BCUT2D eigenvalue weighted by Gasteiger charge is 2.27. The van der Waals surface area contributed by atoms with E-state index in [1.807, 2.05) is 30.3 Å². The van der Waals surface area contributed by atoms with E-state index in [1.165, 1.54) is 0 Å². The average molecular weight is 391 g/mol. The minimum atomic E-state index is -1.12. The maximum absolute atomic E-state index is 11.2. The van der Waals surface area contributed by atoms with Crippen molar-refractivity contribution in [1.29, 1.82) is 0 Å². The van der Waals surface area contributed by atoms with Crippen LogP contribution >= 0.6 is 11.6 Å². The molecule has 3 N–H and O–H groups in total. The molecule has 1 aromatic heterocycles. The molecular formula is C19H23ClN4O3. The smallest absolute Gasteiger partial charge is 0.407 e. The van der Waals surface area contributed by atoms with Crippen LogP contribution in [-0.2, 0) is 4.79 Å². The maximum atomic E-state index is 11.2. The highest BCUT2D eigenvalue weighted by molar-refractivity contribution is 6.31. The molecule has 0 spiro atoms. The van der Waals surface area contributed by atoms with Gasteiger partial charge in [0.15, 0.2) is 0 Å². The van der Waals surface area contributed by atoms with Crippen molar-refractivity contribution in [2.75, 3.05) is 31.1 Å². The molecule has 2 aromatic rings. The highest BCUT2D eigenvalue weighted by atomic mass is 35.5. The summed E-state index contributed by atoms with van der Waals surface area (Å²) >= 11 is 6.02. The van der Waals surface area contributed by atoms with Gasteiger partial charge in [-0.1, -0.05) is 11.6 Å². The molecule has 0 aliphatic carbocycles. The summed E-state index contributed by atoms with van der Waals surface area (Å²) in [4.78, 5) is 29.8. The summed E-state index contributed by atoms with van der Waals surface area (Å²) in [6, 6.07) is 9.37. The van der Waals surface area contributed by atoms with E-state index < -0.39 is 6.09 Å². The second-order valence-corrected chi connectivity index (χ2v) is 7.29. The number of amides is 1. The van der Waals surface area contributed by atoms with Crippen molar-refractivity contribution < 1.29 is 14.7 Å². The van der Waals surface area contributed by atoms with Gasteiger partial charge in [-0.05, 0) is 49.1 Å². The Morgan fingerprint density at radius 3 is 2.78 bits per heavy atom. The molecule has 0 saturated carbocycles. The minimum Gasteiger partial charge on any atom is -0.465 e. The molecular weight excluding hydrogens is 368 g/mol. The van der Waals surface area contributed by atoms with Gasteiger partial charge in [-0.25, -0.2) is 9.78 Å². The molecule has 0 radical (unpaired) electrons. The zero-order valence-corrected chi connectivity index (χ0v) is 15.7. The Labute approximate surface area is 162 Å². The fourth-order valence-corrected chi connectivity index (χ4v) is 3.72. The van der Waals surface area contributed by atoms with Gasteiger partial charge in [0.2, 0.25) is 0 Å². The van der Waals surface area contributed by atoms with E-state index in [4.69, 9.17) is 27.4 Å². The molecule has 27 heavy (non-hydrogen) atoms. The van der Waals surface area contributed by atoms with Gasteiger partial charge in [-0.2, -0.15) is 0 Å². The highest BCUT2D eigenvalue weighted by Crippen LogP contribution is 2.26. The second kappa shape index (κ2) is 8.54. The number of fused-ring (bicyclic) bond motifs is 1. The fraction of sp³-hybridized carbons (Fsp3) is 0.421. The number of aromatic nitrogens is 1. The number of carbonyl (C=O) groups excluding carboxylic acids is 1. The van der Waals surface area contributed by atoms with Crippen molar-refractivity contribution in [2.45, 2.75) is 18.9 Å². The third kappa shape index (κ3) is 4.67. The van der Waals surface area contributed by atoms with Crippen LogP contribution in [0.4, 0.5) is 10.6 Å². The number of hydrogen-bond donors (Lipinski definition) is 2. The average Bonchev–Trinajstić information content (AvgIpc) is 2.67. The lowest BCUT2D eigenvalue weighted by molar-refractivity contribution is -0.108. The molecule has 0 bridgehead atoms. The number of piperidine rings is 1. The van der Waals surface area contributed by atoms with Crippen LogP contribution in [0.5, 0.6) is 0 Å². The Balaban J connectivity index is 1.60. The minimum absolute atomic E-state index is 0.146. The topological polar surface area (TPSA) is 99.8 Å². The van der Waals surface area contributed by atoms with Crippen LogP contribution in [0.2, 0.25) is 5.02 Å². The van der Waals surface area contributed by atoms with E-state index in [0.29, 0.717) is 11.3 Å². The zero-order valence-electron chi connectivity index (χ0n) is 14.9. The fourth-order valence-electron chi connectivity index (χ4n) is 3.54. The van der Waals surface area contributed by atoms with E-state index in [0.717, 1.165) is 47.6 Å². The van der Waals surface area contributed by atoms with Gasteiger partial charge in [0, 0.05) is 36.1 Å². The maximum Gasteiger partial charge on any atom is 0.407 e. The Morgan fingerprint density at radius 2 is 2.11 bits per heavy atom. The number of pyridine rings is 1. The number of carboxylic acid groups (broad SMARTS) is 1. The Morgan fingerprint density at radius 1 is 1.37 bits per heavy atom. The van der Waals surface area contributed by atoms with Gasteiger partial charge in [0.05, 0.1) is 12.1 Å². The van der Waals surface area contributed by atoms with Crippen molar-refractivity contribution in [1.82, 2.24) is 9.88 Å². The monoisotopic (exact) mass is 390 g/mol. The summed E-state index contributed by atoms with van der Waals surface area (Å²) in [5.41, 5.74) is 7.13. The van der Waals surface area contributed by atoms with Gasteiger partial charge in [0.25, 0.3) is 0 Å².